The molecular formula is C37H23N3O2S. The lowest BCUT2D eigenvalue weighted by atomic mass is 10.1. The van der Waals surface area contributed by atoms with Gasteiger partial charge in [-0.15, -0.1) is 0 Å². The van der Waals surface area contributed by atoms with E-state index in [2.05, 4.69) is 81.9 Å². The Bertz CT molecular complexity index is 2520. The maximum absolute atomic E-state index is 13.7. The van der Waals surface area contributed by atoms with E-state index in [1.54, 1.807) is 18.2 Å². The summed E-state index contributed by atoms with van der Waals surface area (Å²) >= 11 is 0. The molecule has 5 nitrogen and oxygen atoms in total. The molecule has 0 aliphatic heterocycles. The molecule has 0 bridgehead atoms. The SMILES string of the molecule is N#Cc1ccc(S(=O)(=O)c2cccc(-n3c4ccccc4c4c3ccc3c5ccccc5n(-c5ccccc5)c34)c2)cc1. The van der Waals surface area contributed by atoms with Gasteiger partial charge >= 0.3 is 0 Å². The van der Waals surface area contributed by atoms with Crippen molar-refractivity contribution in [1.29, 1.82) is 5.26 Å². The number of fused-ring (bicyclic) bond motifs is 7. The first-order chi connectivity index (χ1) is 21.1. The highest BCUT2D eigenvalue weighted by atomic mass is 32.2. The van der Waals surface area contributed by atoms with E-state index in [1.807, 2.05) is 30.3 Å². The van der Waals surface area contributed by atoms with Crippen LogP contribution in [0.3, 0.4) is 0 Å². The fourth-order valence-corrected chi connectivity index (χ4v) is 7.57. The van der Waals surface area contributed by atoms with Crippen molar-refractivity contribution < 1.29 is 8.42 Å². The maximum atomic E-state index is 13.7. The smallest absolute Gasteiger partial charge is 0.206 e. The predicted octanol–water partition coefficient (Wildman–Crippen LogP) is 8.59. The summed E-state index contributed by atoms with van der Waals surface area (Å²) in [6.45, 7) is 0. The normalized spacial score (nSPS) is 11.9. The van der Waals surface area contributed by atoms with Gasteiger partial charge in [-0.25, -0.2) is 8.42 Å². The van der Waals surface area contributed by atoms with Gasteiger partial charge in [0.05, 0.1) is 43.5 Å². The number of nitriles is 1. The minimum absolute atomic E-state index is 0.153. The summed E-state index contributed by atoms with van der Waals surface area (Å²) in [5, 5.41) is 13.7. The molecule has 2 aromatic heterocycles. The van der Waals surface area contributed by atoms with Crippen molar-refractivity contribution in [3.63, 3.8) is 0 Å². The van der Waals surface area contributed by atoms with E-state index in [0.717, 1.165) is 49.6 Å². The molecule has 0 N–H and O–H groups in total. The number of aromatic nitrogens is 2. The Hall–Kier alpha value is -5.64. The van der Waals surface area contributed by atoms with Crippen molar-refractivity contribution in [3.05, 3.63) is 145 Å². The van der Waals surface area contributed by atoms with Crippen molar-refractivity contribution in [1.82, 2.24) is 9.13 Å². The van der Waals surface area contributed by atoms with Crippen LogP contribution in [-0.4, -0.2) is 17.6 Å². The second-order valence-corrected chi connectivity index (χ2v) is 12.5. The number of hydrogen-bond donors (Lipinski definition) is 0. The molecule has 0 fully saturated rings. The van der Waals surface area contributed by atoms with Gasteiger partial charge in [0.15, 0.2) is 0 Å². The number of sulfone groups is 1. The van der Waals surface area contributed by atoms with Gasteiger partial charge < -0.3 is 9.13 Å². The Labute approximate surface area is 248 Å². The summed E-state index contributed by atoms with van der Waals surface area (Å²) in [5.41, 5.74) is 6.46. The minimum atomic E-state index is -3.81. The minimum Gasteiger partial charge on any atom is -0.309 e. The third kappa shape index (κ3) is 3.72. The van der Waals surface area contributed by atoms with E-state index >= 15 is 0 Å². The molecule has 204 valence electrons. The molecule has 6 aromatic carbocycles. The molecule has 6 heteroatoms. The molecule has 0 radical (unpaired) electrons. The van der Waals surface area contributed by atoms with Crippen molar-refractivity contribution in [2.45, 2.75) is 9.79 Å². The number of hydrogen-bond acceptors (Lipinski definition) is 3. The zero-order valence-electron chi connectivity index (χ0n) is 22.8. The van der Waals surface area contributed by atoms with E-state index < -0.39 is 9.84 Å². The topological polar surface area (TPSA) is 67.8 Å². The summed E-state index contributed by atoms with van der Waals surface area (Å²) in [7, 11) is -3.81. The Morgan fingerprint density at radius 2 is 1.16 bits per heavy atom. The number of para-hydroxylation sites is 3. The lowest BCUT2D eigenvalue weighted by molar-refractivity contribution is 0.596. The monoisotopic (exact) mass is 573 g/mol. The first-order valence-corrected chi connectivity index (χ1v) is 15.4. The fraction of sp³-hybridized carbons (Fsp3) is 0. The molecule has 0 saturated heterocycles. The second-order valence-electron chi connectivity index (χ2n) is 10.5. The highest BCUT2D eigenvalue weighted by Crippen LogP contribution is 2.42. The van der Waals surface area contributed by atoms with Crippen LogP contribution in [0, 0.1) is 11.3 Å². The predicted molar refractivity (Wildman–Crippen MR) is 172 cm³/mol. The van der Waals surface area contributed by atoms with Gasteiger partial charge in [0.2, 0.25) is 9.84 Å². The van der Waals surface area contributed by atoms with Gasteiger partial charge in [0.25, 0.3) is 0 Å². The van der Waals surface area contributed by atoms with E-state index in [9.17, 15) is 8.42 Å². The van der Waals surface area contributed by atoms with Crippen molar-refractivity contribution in [2.75, 3.05) is 0 Å². The molecule has 0 amide bonds. The molecule has 0 saturated carbocycles. The lowest BCUT2D eigenvalue weighted by Gasteiger charge is -2.11. The molecular weight excluding hydrogens is 550 g/mol. The van der Waals surface area contributed by atoms with E-state index in [1.165, 1.54) is 29.7 Å². The number of nitrogens with zero attached hydrogens (tertiary/aromatic N) is 3. The average Bonchev–Trinajstić information content (AvgIpc) is 3.58. The third-order valence-electron chi connectivity index (χ3n) is 8.16. The van der Waals surface area contributed by atoms with Gasteiger partial charge in [-0.1, -0.05) is 66.7 Å². The summed E-state index contributed by atoms with van der Waals surface area (Å²) in [6, 6.07) is 46.6. The van der Waals surface area contributed by atoms with Crippen LogP contribution in [0.1, 0.15) is 5.56 Å². The maximum Gasteiger partial charge on any atom is 0.206 e. The summed E-state index contributed by atoms with van der Waals surface area (Å²) in [6.07, 6.45) is 0. The van der Waals surface area contributed by atoms with Gasteiger partial charge in [0, 0.05) is 32.9 Å². The van der Waals surface area contributed by atoms with Crippen LogP contribution in [0.15, 0.2) is 149 Å². The van der Waals surface area contributed by atoms with Crippen LogP contribution in [0.2, 0.25) is 0 Å². The molecule has 0 atom stereocenters. The Kier molecular flexibility index (Phi) is 5.52. The van der Waals surface area contributed by atoms with Crippen LogP contribution >= 0.6 is 0 Å². The molecule has 43 heavy (non-hydrogen) atoms. The Morgan fingerprint density at radius 1 is 0.512 bits per heavy atom. The summed E-state index contributed by atoms with van der Waals surface area (Å²) in [4.78, 5) is 0.347. The van der Waals surface area contributed by atoms with Gasteiger partial charge in [0.1, 0.15) is 0 Å². The summed E-state index contributed by atoms with van der Waals surface area (Å²) in [5.74, 6) is 0. The van der Waals surface area contributed by atoms with Crippen molar-refractivity contribution >= 4 is 53.4 Å². The molecule has 0 spiro atoms. The number of benzene rings is 6. The number of rotatable bonds is 4. The Morgan fingerprint density at radius 3 is 1.91 bits per heavy atom. The van der Waals surface area contributed by atoms with Gasteiger partial charge in [-0.3, -0.25) is 0 Å². The first-order valence-electron chi connectivity index (χ1n) is 13.9. The Balaban J connectivity index is 1.44. The summed E-state index contributed by atoms with van der Waals surface area (Å²) < 4.78 is 31.8. The van der Waals surface area contributed by atoms with Gasteiger partial charge in [-0.2, -0.15) is 5.26 Å². The van der Waals surface area contributed by atoms with Crippen molar-refractivity contribution in [3.8, 4) is 17.4 Å². The highest BCUT2D eigenvalue weighted by molar-refractivity contribution is 7.91. The van der Waals surface area contributed by atoms with Crippen LogP contribution < -0.4 is 0 Å². The third-order valence-corrected chi connectivity index (χ3v) is 9.93. The zero-order valence-corrected chi connectivity index (χ0v) is 23.7. The van der Waals surface area contributed by atoms with Crippen LogP contribution in [0.25, 0.3) is 55.0 Å². The highest BCUT2D eigenvalue weighted by Gasteiger charge is 2.22. The molecule has 0 unspecified atom stereocenters. The van der Waals surface area contributed by atoms with E-state index in [4.69, 9.17) is 5.26 Å². The molecule has 8 aromatic rings. The lowest BCUT2D eigenvalue weighted by Crippen LogP contribution is -2.03. The average molecular weight is 574 g/mol. The van der Waals surface area contributed by atoms with Gasteiger partial charge in [-0.05, 0) is 72.8 Å². The quantitative estimate of drug-likeness (QED) is 0.212. The largest absolute Gasteiger partial charge is 0.309 e. The molecule has 2 heterocycles. The van der Waals surface area contributed by atoms with E-state index in [0.29, 0.717) is 5.56 Å². The van der Waals surface area contributed by atoms with Crippen LogP contribution in [0.4, 0.5) is 0 Å². The molecule has 0 aliphatic carbocycles. The van der Waals surface area contributed by atoms with E-state index in [-0.39, 0.29) is 9.79 Å². The standard InChI is InChI=1S/C37H23N3O2S/c38-24-25-17-19-28(20-18-25)43(41,42)29-12-8-11-27(23-29)39-34-16-7-5-14-32(34)36-35(39)22-21-31-30-13-4-6-15-33(30)40(37(31)36)26-9-2-1-3-10-26/h1-23H. The zero-order chi connectivity index (χ0) is 29.1. The molecule has 8 rings (SSSR count). The van der Waals surface area contributed by atoms with Crippen LogP contribution in [0.5, 0.6) is 0 Å². The van der Waals surface area contributed by atoms with Crippen molar-refractivity contribution in [2.24, 2.45) is 0 Å². The van der Waals surface area contributed by atoms with Crippen LogP contribution in [-0.2, 0) is 9.84 Å². The fourth-order valence-electron chi connectivity index (χ4n) is 6.27. The second kappa shape index (κ2) is 9.45. The molecule has 0 aliphatic rings. The first kappa shape index (κ1) is 25.1.